The number of methoxy groups -OCH3 is 1. The van der Waals surface area contributed by atoms with Gasteiger partial charge in [0.05, 0.1) is 13.7 Å². The van der Waals surface area contributed by atoms with Crippen LogP contribution < -0.4 is 0 Å². The van der Waals surface area contributed by atoms with Crippen molar-refractivity contribution in [3.63, 3.8) is 0 Å². The molecule has 0 bridgehead atoms. The third kappa shape index (κ3) is 3.20. The largest absolute Gasteiger partial charge is 0.508 e. The lowest BCUT2D eigenvalue weighted by atomic mass is 10.4. The first-order valence-corrected chi connectivity index (χ1v) is 4.06. The number of hydrogen-bond acceptors (Lipinski definition) is 5. The number of ether oxygens (including phenoxy) is 4. The molecule has 1 saturated heterocycles. The van der Waals surface area contributed by atoms with Gasteiger partial charge in [-0.2, -0.15) is 0 Å². The van der Waals surface area contributed by atoms with Crippen molar-refractivity contribution in [2.75, 3.05) is 20.3 Å². The molecule has 13 heavy (non-hydrogen) atoms. The number of carbonyl (C=O) groups is 1. The first-order chi connectivity index (χ1) is 6.03. The van der Waals surface area contributed by atoms with Crippen LogP contribution in [0.2, 0.25) is 0 Å². The van der Waals surface area contributed by atoms with E-state index in [0.29, 0.717) is 6.61 Å². The Bertz CT molecular complexity index is 189. The highest BCUT2D eigenvalue weighted by Crippen LogP contribution is 2.22. The fourth-order valence-electron chi connectivity index (χ4n) is 1.07. The van der Waals surface area contributed by atoms with Crippen LogP contribution >= 0.6 is 0 Å². The quantitative estimate of drug-likeness (QED) is 0.606. The zero-order valence-electron chi connectivity index (χ0n) is 8.03. The minimum Gasteiger partial charge on any atom is -0.438 e. The molecule has 0 unspecified atom stereocenters. The molecule has 0 aromatic heterocycles. The molecule has 0 aliphatic carbocycles. The van der Waals surface area contributed by atoms with Crippen LogP contribution in [0.3, 0.4) is 0 Å². The Morgan fingerprint density at radius 3 is 2.77 bits per heavy atom. The molecular weight excluding hydrogens is 176 g/mol. The lowest BCUT2D eigenvalue weighted by molar-refractivity contribution is -0.143. The molecule has 1 fully saturated rings. The van der Waals surface area contributed by atoms with Crippen LogP contribution in [0.4, 0.5) is 4.79 Å². The summed E-state index contributed by atoms with van der Waals surface area (Å²) in [6.07, 6.45) is -0.901. The molecular formula is C8H14O5. The molecule has 0 radical (unpaired) electrons. The molecule has 5 nitrogen and oxygen atoms in total. The summed E-state index contributed by atoms with van der Waals surface area (Å²) in [7, 11) is 1.26. The SMILES string of the molecule is COC(=O)OC[C@H]1COC(C)(C)O1. The lowest BCUT2D eigenvalue weighted by Gasteiger charge is -2.16. The predicted molar refractivity (Wildman–Crippen MR) is 43.3 cm³/mol. The zero-order valence-corrected chi connectivity index (χ0v) is 8.03. The van der Waals surface area contributed by atoms with E-state index in [-0.39, 0.29) is 12.7 Å². The molecule has 1 rings (SSSR count). The smallest absolute Gasteiger partial charge is 0.438 e. The number of carbonyl (C=O) groups excluding carboxylic acids is 1. The van der Waals surface area contributed by atoms with Crippen molar-refractivity contribution in [1.29, 1.82) is 0 Å². The zero-order chi connectivity index (χ0) is 9.90. The average molecular weight is 190 g/mol. The van der Waals surface area contributed by atoms with Crippen molar-refractivity contribution in [3.05, 3.63) is 0 Å². The van der Waals surface area contributed by atoms with Gasteiger partial charge < -0.3 is 18.9 Å². The third-order valence-corrected chi connectivity index (χ3v) is 1.62. The maximum absolute atomic E-state index is 10.6. The van der Waals surface area contributed by atoms with Gasteiger partial charge in [0.2, 0.25) is 0 Å². The van der Waals surface area contributed by atoms with Gasteiger partial charge in [-0.25, -0.2) is 4.79 Å². The minimum absolute atomic E-state index is 0.163. The molecule has 76 valence electrons. The molecule has 0 aromatic carbocycles. The number of rotatable bonds is 2. The highest BCUT2D eigenvalue weighted by atomic mass is 16.8. The van der Waals surface area contributed by atoms with Gasteiger partial charge in [0.25, 0.3) is 0 Å². The molecule has 0 amide bonds. The van der Waals surface area contributed by atoms with Gasteiger partial charge in [0.15, 0.2) is 5.79 Å². The molecule has 5 heteroatoms. The van der Waals surface area contributed by atoms with Crippen LogP contribution in [0.1, 0.15) is 13.8 Å². The van der Waals surface area contributed by atoms with Gasteiger partial charge in [-0.15, -0.1) is 0 Å². The van der Waals surface area contributed by atoms with E-state index in [2.05, 4.69) is 4.74 Å². The van der Waals surface area contributed by atoms with Crippen molar-refractivity contribution in [1.82, 2.24) is 0 Å². The highest BCUT2D eigenvalue weighted by Gasteiger charge is 2.33. The fourth-order valence-corrected chi connectivity index (χ4v) is 1.07. The van der Waals surface area contributed by atoms with Crippen LogP contribution in [0.5, 0.6) is 0 Å². The average Bonchev–Trinajstić information content (AvgIpc) is 2.41. The van der Waals surface area contributed by atoms with E-state index in [9.17, 15) is 4.79 Å². The van der Waals surface area contributed by atoms with E-state index in [1.54, 1.807) is 0 Å². The Kier molecular flexibility index (Phi) is 3.11. The van der Waals surface area contributed by atoms with Crippen molar-refractivity contribution in [2.24, 2.45) is 0 Å². The summed E-state index contributed by atoms with van der Waals surface area (Å²) >= 11 is 0. The second-order valence-corrected chi connectivity index (χ2v) is 3.22. The van der Waals surface area contributed by atoms with Crippen LogP contribution in [-0.2, 0) is 18.9 Å². The summed E-state index contributed by atoms with van der Waals surface area (Å²) in [4.78, 5) is 10.6. The third-order valence-electron chi connectivity index (χ3n) is 1.62. The maximum atomic E-state index is 10.6. The van der Waals surface area contributed by atoms with Gasteiger partial charge in [-0.3, -0.25) is 0 Å². The fraction of sp³-hybridized carbons (Fsp3) is 0.875. The maximum Gasteiger partial charge on any atom is 0.508 e. The van der Waals surface area contributed by atoms with Gasteiger partial charge in [-0.1, -0.05) is 0 Å². The second-order valence-electron chi connectivity index (χ2n) is 3.22. The second kappa shape index (κ2) is 3.93. The molecule has 0 aromatic rings. The first kappa shape index (κ1) is 10.3. The highest BCUT2D eigenvalue weighted by molar-refractivity contribution is 5.59. The Balaban J connectivity index is 2.21. The summed E-state index contributed by atoms with van der Waals surface area (Å²) < 4.78 is 19.7. The molecule has 1 atom stereocenters. The molecule has 0 spiro atoms. The van der Waals surface area contributed by atoms with E-state index < -0.39 is 11.9 Å². The van der Waals surface area contributed by atoms with E-state index in [1.807, 2.05) is 13.8 Å². The van der Waals surface area contributed by atoms with E-state index in [1.165, 1.54) is 7.11 Å². The molecule has 0 N–H and O–H groups in total. The summed E-state index contributed by atoms with van der Waals surface area (Å²) in [5.41, 5.74) is 0. The van der Waals surface area contributed by atoms with Crippen LogP contribution in [0.15, 0.2) is 0 Å². The van der Waals surface area contributed by atoms with Crippen LogP contribution in [0.25, 0.3) is 0 Å². The van der Waals surface area contributed by atoms with Gasteiger partial charge in [0, 0.05) is 0 Å². The topological polar surface area (TPSA) is 54.0 Å². The normalized spacial score (nSPS) is 25.6. The molecule has 1 aliphatic heterocycles. The van der Waals surface area contributed by atoms with Crippen LogP contribution in [-0.4, -0.2) is 38.4 Å². The van der Waals surface area contributed by atoms with Crippen molar-refractivity contribution < 1.29 is 23.7 Å². The Morgan fingerprint density at radius 1 is 1.62 bits per heavy atom. The minimum atomic E-state index is -0.701. The van der Waals surface area contributed by atoms with Crippen molar-refractivity contribution in [3.8, 4) is 0 Å². The Labute approximate surface area is 76.9 Å². The first-order valence-electron chi connectivity index (χ1n) is 4.06. The predicted octanol–water partition coefficient (Wildman–Crippen LogP) is 0.921. The standard InChI is InChI=1S/C8H14O5/c1-8(2)12-5-6(13-8)4-11-7(9)10-3/h6H,4-5H2,1-3H3/t6-/m0/s1. The Morgan fingerprint density at radius 2 is 2.31 bits per heavy atom. The van der Waals surface area contributed by atoms with Crippen molar-refractivity contribution in [2.45, 2.75) is 25.7 Å². The summed E-state index contributed by atoms with van der Waals surface area (Å²) in [5, 5.41) is 0. The van der Waals surface area contributed by atoms with Gasteiger partial charge in [-0.05, 0) is 13.8 Å². The van der Waals surface area contributed by atoms with Crippen LogP contribution in [0, 0.1) is 0 Å². The van der Waals surface area contributed by atoms with Crippen molar-refractivity contribution >= 4 is 6.16 Å². The summed E-state index contributed by atoms with van der Waals surface area (Å²) in [6, 6.07) is 0. The van der Waals surface area contributed by atoms with Gasteiger partial charge >= 0.3 is 6.16 Å². The monoisotopic (exact) mass is 190 g/mol. The Hall–Kier alpha value is -0.810. The van der Waals surface area contributed by atoms with Gasteiger partial charge in [0.1, 0.15) is 12.7 Å². The van der Waals surface area contributed by atoms with E-state index >= 15 is 0 Å². The number of hydrogen-bond donors (Lipinski definition) is 0. The molecule has 1 aliphatic rings. The van der Waals surface area contributed by atoms with E-state index in [4.69, 9.17) is 14.2 Å². The molecule has 0 saturated carbocycles. The summed E-state index contributed by atoms with van der Waals surface area (Å²) in [6.45, 7) is 4.22. The summed E-state index contributed by atoms with van der Waals surface area (Å²) in [5.74, 6) is -0.579. The lowest BCUT2D eigenvalue weighted by Crippen LogP contribution is -2.25. The molecule has 1 heterocycles. The van der Waals surface area contributed by atoms with E-state index in [0.717, 1.165) is 0 Å².